The smallest absolute Gasteiger partial charge is 0.241 e. The molecule has 2 aromatic rings. The fourth-order valence-electron chi connectivity index (χ4n) is 5.41. The van der Waals surface area contributed by atoms with Crippen molar-refractivity contribution in [2.45, 2.75) is 69.9 Å². The van der Waals surface area contributed by atoms with Crippen molar-refractivity contribution >= 4 is 38.4 Å². The number of nitrogens with one attached hydrogen (secondary N) is 1. The summed E-state index contributed by atoms with van der Waals surface area (Å²) in [6.07, 6.45) is 4.71. The molecule has 1 aliphatic carbocycles. The van der Waals surface area contributed by atoms with E-state index in [0.29, 0.717) is 45.7 Å². The lowest BCUT2D eigenvalue weighted by Gasteiger charge is -2.37. The molecule has 3 aliphatic rings. The topological polar surface area (TPSA) is 108 Å². The van der Waals surface area contributed by atoms with E-state index in [1.54, 1.807) is 12.1 Å². The molecular weight excluding hydrogens is 492 g/mol. The van der Waals surface area contributed by atoms with Crippen LogP contribution in [-0.4, -0.2) is 84.6 Å². The summed E-state index contributed by atoms with van der Waals surface area (Å²) in [6, 6.07) is 3.47. The van der Waals surface area contributed by atoms with Gasteiger partial charge in [0.15, 0.2) is 0 Å². The predicted molar refractivity (Wildman–Crippen MR) is 142 cm³/mol. The largest absolute Gasteiger partial charge is 0.367 e. The second kappa shape index (κ2) is 9.58. The van der Waals surface area contributed by atoms with Gasteiger partial charge in [0.05, 0.1) is 22.7 Å². The Morgan fingerprint density at radius 2 is 1.81 bits per heavy atom. The summed E-state index contributed by atoms with van der Waals surface area (Å²) in [6.45, 7) is 11.3. The van der Waals surface area contributed by atoms with Gasteiger partial charge in [0, 0.05) is 68.2 Å². The van der Waals surface area contributed by atoms with E-state index < -0.39 is 10.0 Å². The fourth-order valence-corrected chi connectivity index (χ4v) is 6.91. The molecule has 1 N–H and O–H groups in total. The highest BCUT2D eigenvalue weighted by molar-refractivity contribution is 7.89. The van der Waals surface area contributed by atoms with Crippen LogP contribution in [0.1, 0.15) is 59.4 Å². The Morgan fingerprint density at radius 3 is 2.43 bits per heavy atom. The van der Waals surface area contributed by atoms with Crippen LogP contribution in [0, 0.1) is 5.92 Å². The normalized spacial score (nSPS) is 21.8. The molecule has 0 spiro atoms. The molecule has 1 saturated carbocycles. The molecule has 202 valence electrons. The average molecular weight is 531 g/mol. The molecule has 3 fully saturated rings. The van der Waals surface area contributed by atoms with E-state index in [0.717, 1.165) is 35.9 Å². The summed E-state index contributed by atoms with van der Waals surface area (Å²) in [5.74, 6) is 0.215. The minimum absolute atomic E-state index is 0.00627. The van der Waals surface area contributed by atoms with Gasteiger partial charge in [-0.1, -0.05) is 20.8 Å². The molecule has 1 aromatic heterocycles. The van der Waals surface area contributed by atoms with Crippen molar-refractivity contribution in [1.29, 1.82) is 0 Å². The molecule has 2 aliphatic heterocycles. The Labute approximate surface area is 219 Å². The molecule has 37 heavy (non-hydrogen) atoms. The zero-order valence-corrected chi connectivity index (χ0v) is 23.1. The minimum atomic E-state index is -3.74. The second-order valence-corrected chi connectivity index (χ2v) is 12.9. The van der Waals surface area contributed by atoms with Crippen LogP contribution in [0.3, 0.4) is 0 Å². The maximum Gasteiger partial charge on any atom is 0.241 e. The van der Waals surface area contributed by atoms with Crippen LogP contribution in [-0.2, 0) is 19.6 Å². The Bertz CT molecular complexity index is 1310. The first-order valence-corrected chi connectivity index (χ1v) is 14.9. The zero-order chi connectivity index (χ0) is 26.5. The van der Waals surface area contributed by atoms with Crippen molar-refractivity contribution in [3.8, 4) is 0 Å². The van der Waals surface area contributed by atoms with Gasteiger partial charge in [-0.25, -0.2) is 13.1 Å². The van der Waals surface area contributed by atoms with Gasteiger partial charge in [0.1, 0.15) is 0 Å². The Morgan fingerprint density at radius 1 is 1.11 bits per heavy atom. The summed E-state index contributed by atoms with van der Waals surface area (Å²) in [5, 5.41) is 5.59. The van der Waals surface area contributed by atoms with E-state index in [1.807, 2.05) is 48.4 Å². The first-order valence-electron chi connectivity index (χ1n) is 13.4. The molecule has 1 aromatic carbocycles. The molecule has 2 saturated heterocycles. The van der Waals surface area contributed by atoms with Gasteiger partial charge in [-0.15, -0.1) is 0 Å². The summed E-state index contributed by atoms with van der Waals surface area (Å²) < 4.78 is 31.7. The van der Waals surface area contributed by atoms with E-state index in [9.17, 15) is 18.0 Å². The third-order valence-electron chi connectivity index (χ3n) is 7.95. The highest BCUT2D eigenvalue weighted by Gasteiger charge is 2.41. The molecule has 0 radical (unpaired) electrons. The number of likely N-dealkylation sites (tertiary alicyclic amines) is 1. The highest BCUT2D eigenvalue weighted by atomic mass is 32.2. The monoisotopic (exact) mass is 530 g/mol. The number of sulfonamides is 1. The summed E-state index contributed by atoms with van der Waals surface area (Å²) in [5.41, 5.74) is 1.19. The molecule has 5 rings (SSSR count). The van der Waals surface area contributed by atoms with E-state index in [-0.39, 0.29) is 34.2 Å². The molecule has 1 atom stereocenters. The number of carbonyl (C=O) groups is 2. The van der Waals surface area contributed by atoms with Crippen molar-refractivity contribution in [2.24, 2.45) is 5.92 Å². The second-order valence-electron chi connectivity index (χ2n) is 11.2. The first kappa shape index (κ1) is 26.0. The molecule has 2 amide bonds. The van der Waals surface area contributed by atoms with Crippen LogP contribution < -0.4 is 9.62 Å². The third-order valence-corrected chi connectivity index (χ3v) is 9.57. The van der Waals surface area contributed by atoms with Gasteiger partial charge in [-0.2, -0.15) is 5.10 Å². The fraction of sp³-hybridized carbons (Fsp3) is 0.654. The molecule has 0 bridgehead atoms. The van der Waals surface area contributed by atoms with Crippen molar-refractivity contribution in [3.05, 3.63) is 18.3 Å². The molecule has 0 unspecified atom stereocenters. The molecular formula is C26H38N6O4S. The van der Waals surface area contributed by atoms with Gasteiger partial charge in [-0.05, 0) is 38.3 Å². The van der Waals surface area contributed by atoms with Gasteiger partial charge < -0.3 is 14.7 Å². The number of hydrogen-bond donors (Lipinski definition) is 1. The number of fused-ring (bicyclic) bond motifs is 1. The van der Waals surface area contributed by atoms with Crippen LogP contribution in [0.4, 0.5) is 5.69 Å². The van der Waals surface area contributed by atoms with Crippen LogP contribution in [0.25, 0.3) is 10.9 Å². The average Bonchev–Trinajstić information content (AvgIpc) is 3.25. The lowest BCUT2D eigenvalue weighted by Crippen LogP contribution is -2.50. The lowest BCUT2D eigenvalue weighted by molar-refractivity contribution is -0.134. The zero-order valence-electron chi connectivity index (χ0n) is 22.2. The van der Waals surface area contributed by atoms with E-state index in [1.165, 1.54) is 0 Å². The maximum atomic E-state index is 13.5. The predicted octanol–water partition coefficient (Wildman–Crippen LogP) is 2.36. The quantitative estimate of drug-likeness (QED) is 0.589. The van der Waals surface area contributed by atoms with E-state index >= 15 is 0 Å². The summed E-state index contributed by atoms with van der Waals surface area (Å²) >= 11 is 0. The van der Waals surface area contributed by atoms with Crippen LogP contribution in [0.15, 0.2) is 23.2 Å². The Kier molecular flexibility index (Phi) is 6.72. The number of carbonyl (C=O) groups excluding carboxylic acids is 2. The van der Waals surface area contributed by atoms with E-state index in [4.69, 9.17) is 5.10 Å². The Hall–Kier alpha value is -2.66. The van der Waals surface area contributed by atoms with Gasteiger partial charge in [-0.3, -0.25) is 14.3 Å². The van der Waals surface area contributed by atoms with E-state index in [2.05, 4.69) is 9.62 Å². The third kappa shape index (κ3) is 5.07. The SMILES string of the molecule is CCC(=O)N1CC[C@@H](n2ncc3c(N4CCN(C(=O)C(C)C)CC4)cc(S(=O)(=O)NC4(C)CC4)cc32)C1. The summed E-state index contributed by atoms with van der Waals surface area (Å²) in [4.78, 5) is 30.9. The molecule has 10 nitrogen and oxygen atoms in total. The van der Waals surface area contributed by atoms with Crippen LogP contribution in [0.2, 0.25) is 0 Å². The number of benzene rings is 1. The number of anilines is 1. The van der Waals surface area contributed by atoms with Crippen LogP contribution in [0.5, 0.6) is 0 Å². The van der Waals surface area contributed by atoms with Crippen molar-refractivity contribution in [2.75, 3.05) is 44.2 Å². The number of nitrogens with zero attached hydrogens (tertiary/aromatic N) is 5. The van der Waals surface area contributed by atoms with Gasteiger partial charge >= 0.3 is 0 Å². The number of aromatic nitrogens is 2. The van der Waals surface area contributed by atoms with Crippen molar-refractivity contribution in [3.63, 3.8) is 0 Å². The van der Waals surface area contributed by atoms with Gasteiger partial charge in [0.2, 0.25) is 21.8 Å². The van der Waals surface area contributed by atoms with Crippen molar-refractivity contribution in [1.82, 2.24) is 24.3 Å². The molecule has 3 heterocycles. The van der Waals surface area contributed by atoms with Gasteiger partial charge in [0.25, 0.3) is 0 Å². The number of hydrogen-bond acceptors (Lipinski definition) is 6. The minimum Gasteiger partial charge on any atom is -0.367 e. The standard InChI is InChI=1S/C26H38N6O4S/c1-5-24(33)31-9-6-19(17-31)32-23-15-20(37(35,36)28-26(4)7-8-26)14-22(21(23)16-27-32)29-10-12-30(13-11-29)25(34)18(2)3/h14-16,18-19,28H,5-13,17H2,1-4H3/t19-/m1/s1. The molecule has 11 heteroatoms. The Balaban J connectivity index is 1.51. The van der Waals surface area contributed by atoms with Crippen LogP contribution >= 0.6 is 0 Å². The highest BCUT2D eigenvalue weighted by Crippen LogP contribution is 2.38. The number of amides is 2. The number of piperazine rings is 1. The summed E-state index contributed by atoms with van der Waals surface area (Å²) in [7, 11) is -3.74. The lowest BCUT2D eigenvalue weighted by atomic mass is 10.1. The number of rotatable bonds is 7. The first-order chi connectivity index (χ1) is 17.5. The maximum absolute atomic E-state index is 13.5. The van der Waals surface area contributed by atoms with Crippen molar-refractivity contribution < 1.29 is 18.0 Å².